The topological polar surface area (TPSA) is 49.4 Å². The lowest BCUT2D eigenvalue weighted by molar-refractivity contribution is 0.100. The highest BCUT2D eigenvalue weighted by Crippen LogP contribution is 2.23. The summed E-state index contributed by atoms with van der Waals surface area (Å²) in [5.41, 5.74) is 0.152. The van der Waals surface area contributed by atoms with Gasteiger partial charge in [-0.3, -0.25) is 4.90 Å². The van der Waals surface area contributed by atoms with Crippen LogP contribution in [0.15, 0.2) is 0 Å². The van der Waals surface area contributed by atoms with Gasteiger partial charge in [-0.2, -0.15) is 0 Å². The summed E-state index contributed by atoms with van der Waals surface area (Å²) >= 11 is 0. The van der Waals surface area contributed by atoms with Gasteiger partial charge >= 0.3 is 0 Å². The fourth-order valence-corrected chi connectivity index (χ4v) is 4.66. The fraction of sp³-hybridized carbons (Fsp3) is 1.00. The van der Waals surface area contributed by atoms with Crippen molar-refractivity contribution >= 4 is 9.84 Å². The maximum Gasteiger partial charge on any atom is 0.151 e. The number of sulfone groups is 1. The van der Waals surface area contributed by atoms with Crippen LogP contribution in [0, 0.1) is 0 Å². The van der Waals surface area contributed by atoms with Crippen LogP contribution in [0.2, 0.25) is 0 Å². The molecule has 1 N–H and O–H groups in total. The van der Waals surface area contributed by atoms with Crippen LogP contribution in [0.4, 0.5) is 0 Å². The van der Waals surface area contributed by atoms with Gasteiger partial charge in [-0.25, -0.2) is 8.42 Å². The molecule has 2 rings (SSSR count). The third kappa shape index (κ3) is 3.20. The summed E-state index contributed by atoms with van der Waals surface area (Å²) < 4.78 is 23.4. The molecule has 0 bridgehead atoms. The number of hydrogen-bond donors (Lipinski definition) is 1. The summed E-state index contributed by atoms with van der Waals surface area (Å²) in [6.45, 7) is 7.35. The monoisotopic (exact) mass is 260 g/mol. The molecular formula is C12H24N2O2S. The van der Waals surface area contributed by atoms with Crippen LogP contribution >= 0.6 is 0 Å². The van der Waals surface area contributed by atoms with Crippen LogP contribution < -0.4 is 5.32 Å². The molecule has 0 aromatic heterocycles. The van der Waals surface area contributed by atoms with Gasteiger partial charge in [0.05, 0.1) is 11.5 Å². The van der Waals surface area contributed by atoms with Gasteiger partial charge in [0.2, 0.25) is 0 Å². The normalized spacial score (nSPS) is 39.1. The molecule has 5 heteroatoms. The Kier molecular flexibility index (Phi) is 3.80. The molecule has 2 unspecified atom stereocenters. The standard InChI is InChI=1S/C12H24N2O2S/c1-3-12(2)10-14(7-6-13-12)11-5-4-8-17(15,16)9-11/h11,13H,3-10H2,1-2H3. The average Bonchev–Trinajstić information content (AvgIpc) is 2.28. The number of nitrogens with zero attached hydrogens (tertiary/aromatic N) is 1. The third-order valence-corrected chi connectivity index (χ3v) is 6.04. The molecule has 0 spiro atoms. The molecule has 0 saturated carbocycles. The molecule has 2 atom stereocenters. The maximum absolute atomic E-state index is 11.7. The molecule has 2 aliphatic rings. The van der Waals surface area contributed by atoms with Crippen molar-refractivity contribution in [3.8, 4) is 0 Å². The van der Waals surface area contributed by atoms with Crippen LogP contribution in [0.3, 0.4) is 0 Å². The van der Waals surface area contributed by atoms with Crippen molar-refractivity contribution in [1.29, 1.82) is 0 Å². The van der Waals surface area contributed by atoms with Crippen molar-refractivity contribution in [2.75, 3.05) is 31.1 Å². The second-order valence-electron chi connectivity index (χ2n) is 5.72. The Balaban J connectivity index is 2.02. The van der Waals surface area contributed by atoms with E-state index in [2.05, 4.69) is 24.1 Å². The zero-order valence-corrected chi connectivity index (χ0v) is 11.7. The van der Waals surface area contributed by atoms with Crippen molar-refractivity contribution in [3.05, 3.63) is 0 Å². The first kappa shape index (κ1) is 13.3. The summed E-state index contributed by atoms with van der Waals surface area (Å²) in [5, 5.41) is 3.54. The molecule has 100 valence electrons. The van der Waals surface area contributed by atoms with Gasteiger partial charge in [0.1, 0.15) is 0 Å². The summed E-state index contributed by atoms with van der Waals surface area (Å²) in [7, 11) is -2.79. The molecule has 2 saturated heterocycles. The van der Waals surface area contributed by atoms with E-state index in [9.17, 15) is 8.42 Å². The van der Waals surface area contributed by atoms with Crippen LogP contribution in [0.25, 0.3) is 0 Å². The lowest BCUT2D eigenvalue weighted by Gasteiger charge is -2.45. The van der Waals surface area contributed by atoms with Crippen LogP contribution in [0.1, 0.15) is 33.1 Å². The number of nitrogens with one attached hydrogen (secondary N) is 1. The van der Waals surface area contributed by atoms with Crippen LogP contribution in [0.5, 0.6) is 0 Å². The van der Waals surface area contributed by atoms with Gasteiger partial charge < -0.3 is 5.32 Å². The Labute approximate surface area is 105 Å². The van der Waals surface area contributed by atoms with E-state index in [1.54, 1.807) is 0 Å². The van der Waals surface area contributed by atoms with E-state index >= 15 is 0 Å². The van der Waals surface area contributed by atoms with E-state index < -0.39 is 9.84 Å². The van der Waals surface area contributed by atoms with Gasteiger partial charge in [-0.05, 0) is 26.2 Å². The second-order valence-corrected chi connectivity index (χ2v) is 7.95. The highest BCUT2D eigenvalue weighted by molar-refractivity contribution is 7.91. The highest BCUT2D eigenvalue weighted by atomic mass is 32.2. The lowest BCUT2D eigenvalue weighted by Crippen LogP contribution is -2.61. The Morgan fingerprint density at radius 3 is 2.88 bits per heavy atom. The minimum atomic E-state index is -2.79. The predicted molar refractivity (Wildman–Crippen MR) is 69.9 cm³/mol. The van der Waals surface area contributed by atoms with Gasteiger partial charge in [-0.15, -0.1) is 0 Å². The van der Waals surface area contributed by atoms with E-state index in [-0.39, 0.29) is 11.6 Å². The maximum atomic E-state index is 11.7. The van der Waals surface area contributed by atoms with E-state index in [4.69, 9.17) is 0 Å². The van der Waals surface area contributed by atoms with Crippen molar-refractivity contribution in [2.24, 2.45) is 0 Å². The largest absolute Gasteiger partial charge is 0.309 e. The Bertz CT molecular complexity index is 369. The van der Waals surface area contributed by atoms with Crippen molar-refractivity contribution < 1.29 is 8.42 Å². The summed E-state index contributed by atoms with van der Waals surface area (Å²) in [6.07, 6.45) is 2.96. The molecule has 0 radical (unpaired) electrons. The zero-order chi connectivity index (χ0) is 12.5. The van der Waals surface area contributed by atoms with Crippen molar-refractivity contribution in [2.45, 2.75) is 44.7 Å². The van der Waals surface area contributed by atoms with Gasteiger partial charge in [-0.1, -0.05) is 6.92 Å². The van der Waals surface area contributed by atoms with Gasteiger partial charge in [0.25, 0.3) is 0 Å². The number of piperazine rings is 1. The molecule has 4 nitrogen and oxygen atoms in total. The van der Waals surface area contributed by atoms with E-state index in [0.717, 1.165) is 38.9 Å². The first-order valence-corrected chi connectivity index (χ1v) is 8.46. The minimum absolute atomic E-state index is 0.152. The van der Waals surface area contributed by atoms with E-state index in [0.29, 0.717) is 11.5 Å². The Morgan fingerprint density at radius 2 is 2.24 bits per heavy atom. The summed E-state index contributed by atoms with van der Waals surface area (Å²) in [6, 6.07) is 0.252. The Hall–Kier alpha value is -0.130. The van der Waals surface area contributed by atoms with Crippen LogP contribution in [-0.2, 0) is 9.84 Å². The molecule has 0 aromatic rings. The zero-order valence-electron chi connectivity index (χ0n) is 10.9. The summed E-state index contributed by atoms with van der Waals surface area (Å²) in [5.74, 6) is 0.757. The third-order valence-electron chi connectivity index (χ3n) is 4.24. The average molecular weight is 260 g/mol. The minimum Gasteiger partial charge on any atom is -0.309 e. The van der Waals surface area contributed by atoms with E-state index in [1.165, 1.54) is 0 Å². The van der Waals surface area contributed by atoms with E-state index in [1.807, 2.05) is 0 Å². The fourth-order valence-electron chi connectivity index (χ4n) is 2.92. The molecular weight excluding hydrogens is 236 g/mol. The highest BCUT2D eigenvalue weighted by Gasteiger charge is 2.35. The molecule has 0 amide bonds. The first-order valence-electron chi connectivity index (χ1n) is 6.64. The first-order chi connectivity index (χ1) is 7.94. The SMILES string of the molecule is CCC1(C)CN(C2CCCS(=O)(=O)C2)CCN1. The quantitative estimate of drug-likeness (QED) is 0.791. The molecule has 2 heterocycles. The smallest absolute Gasteiger partial charge is 0.151 e. The molecule has 17 heavy (non-hydrogen) atoms. The van der Waals surface area contributed by atoms with Gasteiger partial charge in [0.15, 0.2) is 9.84 Å². The molecule has 0 aliphatic carbocycles. The predicted octanol–water partition coefficient (Wildman–Crippen LogP) is 0.638. The summed E-state index contributed by atoms with van der Waals surface area (Å²) in [4.78, 5) is 2.39. The molecule has 0 aromatic carbocycles. The molecule has 2 aliphatic heterocycles. The van der Waals surface area contributed by atoms with Crippen LogP contribution in [-0.4, -0.2) is 56.0 Å². The van der Waals surface area contributed by atoms with Gasteiger partial charge in [0, 0.05) is 31.2 Å². The second kappa shape index (κ2) is 4.86. The number of rotatable bonds is 2. The Morgan fingerprint density at radius 1 is 1.47 bits per heavy atom. The number of hydrogen-bond acceptors (Lipinski definition) is 4. The van der Waals surface area contributed by atoms with Crippen molar-refractivity contribution in [1.82, 2.24) is 10.2 Å². The molecule has 2 fully saturated rings. The van der Waals surface area contributed by atoms with Crippen molar-refractivity contribution in [3.63, 3.8) is 0 Å². The lowest BCUT2D eigenvalue weighted by atomic mass is 9.94.